The molecule has 12 N–H and O–H groups in total. The molecule has 1 amide bonds. The third-order valence-electron chi connectivity index (χ3n) is 13.9. The van der Waals surface area contributed by atoms with Gasteiger partial charge in [-0.3, -0.25) is 4.79 Å². The number of aliphatic hydroxyl groups excluding tert-OH is 11. The van der Waals surface area contributed by atoms with Gasteiger partial charge in [0.1, 0.15) is 73.2 Å². The summed E-state index contributed by atoms with van der Waals surface area (Å²) in [5.74, 6) is -0.293. The Morgan fingerprint density at radius 1 is 0.486 bits per heavy atom. The van der Waals surface area contributed by atoms with Gasteiger partial charge in [0.05, 0.1) is 38.6 Å². The highest BCUT2D eigenvalue weighted by atomic mass is 16.8. The molecule has 0 aliphatic carbocycles. The summed E-state index contributed by atoms with van der Waals surface area (Å²) in [4.78, 5) is 13.3. The summed E-state index contributed by atoms with van der Waals surface area (Å²) in [6.07, 6.45) is 13.9. The van der Waals surface area contributed by atoms with E-state index in [2.05, 4.69) is 55.6 Å². The molecule has 17 atom stereocenters. The second-order valence-corrected chi connectivity index (χ2v) is 20.0. The third-order valence-corrected chi connectivity index (χ3v) is 13.9. The third kappa shape index (κ3) is 23.8. The number of hydrogen-bond acceptors (Lipinski definition) is 18. The van der Waals surface area contributed by atoms with Crippen LogP contribution in [0, 0.1) is 0 Å². The Hall–Kier alpha value is -2.25. The first-order valence-electron chi connectivity index (χ1n) is 27.9. The summed E-state index contributed by atoms with van der Waals surface area (Å²) < 4.78 is 34.1. The molecule has 0 bridgehead atoms. The normalized spacial score (nSPS) is 31.8. The first-order chi connectivity index (χ1) is 35.8. The molecule has 0 spiro atoms. The van der Waals surface area contributed by atoms with Crippen LogP contribution in [0.1, 0.15) is 162 Å². The van der Waals surface area contributed by atoms with Crippen LogP contribution in [0.15, 0.2) is 48.6 Å². The van der Waals surface area contributed by atoms with Crippen molar-refractivity contribution in [3.63, 3.8) is 0 Å². The lowest BCUT2D eigenvalue weighted by Gasteiger charge is -2.48. The molecular weight excluding hydrogens is 963 g/mol. The van der Waals surface area contributed by atoms with Gasteiger partial charge in [-0.05, 0) is 57.8 Å². The minimum absolute atomic E-state index is 0.227. The van der Waals surface area contributed by atoms with Gasteiger partial charge in [0.15, 0.2) is 18.9 Å². The molecule has 0 radical (unpaired) electrons. The average molecular weight is 1060 g/mol. The smallest absolute Gasteiger partial charge is 0.220 e. The maximum absolute atomic E-state index is 13.3. The Morgan fingerprint density at radius 3 is 1.42 bits per heavy atom. The second-order valence-electron chi connectivity index (χ2n) is 20.0. The van der Waals surface area contributed by atoms with Crippen LogP contribution in [-0.2, 0) is 33.2 Å². The molecule has 0 saturated carbocycles. The molecule has 3 aliphatic heterocycles. The molecule has 3 rings (SSSR count). The fourth-order valence-electron chi connectivity index (χ4n) is 9.19. The van der Waals surface area contributed by atoms with E-state index in [-0.39, 0.29) is 18.9 Å². The molecular formula is C55H97NO18. The van der Waals surface area contributed by atoms with Crippen molar-refractivity contribution in [3.8, 4) is 0 Å². The number of hydrogen-bond donors (Lipinski definition) is 12. The number of carbonyl (C=O) groups excluding carboxylic acids is 1. The first-order valence-corrected chi connectivity index (χ1v) is 27.9. The number of unbranched alkanes of at least 4 members (excludes halogenated alkanes) is 17. The van der Waals surface area contributed by atoms with E-state index in [1.54, 1.807) is 6.08 Å². The van der Waals surface area contributed by atoms with Gasteiger partial charge in [-0.1, -0.05) is 146 Å². The predicted octanol–water partition coefficient (Wildman–Crippen LogP) is 3.53. The fourth-order valence-corrected chi connectivity index (χ4v) is 9.19. The number of nitrogens with one attached hydrogen (secondary N) is 1. The summed E-state index contributed by atoms with van der Waals surface area (Å²) in [7, 11) is 0. The van der Waals surface area contributed by atoms with E-state index in [1.807, 2.05) is 6.08 Å². The zero-order valence-corrected chi connectivity index (χ0v) is 44.3. The van der Waals surface area contributed by atoms with Gasteiger partial charge in [-0.15, -0.1) is 0 Å². The number of amides is 1. The van der Waals surface area contributed by atoms with E-state index in [4.69, 9.17) is 28.4 Å². The molecule has 0 aromatic heterocycles. The SMILES string of the molecule is CCCCC/C=C\C/C=C\C/C=C\CCCCCCCCC(=O)NC(COC1OC(CO)C(OC2OC(CO)C(OC3OC(CO)C(O)C(O)C3O)C(O)C2O)C(O)C1O)C(O)/C=C/CCCCCCCCCC. The zero-order valence-electron chi connectivity index (χ0n) is 44.3. The van der Waals surface area contributed by atoms with Crippen molar-refractivity contribution in [2.75, 3.05) is 26.4 Å². The van der Waals surface area contributed by atoms with Gasteiger partial charge in [0.25, 0.3) is 0 Å². The molecule has 17 unspecified atom stereocenters. The number of aliphatic hydroxyl groups is 11. The summed E-state index contributed by atoms with van der Waals surface area (Å²) in [6.45, 7) is 1.62. The Labute approximate surface area is 440 Å². The van der Waals surface area contributed by atoms with Crippen LogP contribution in [0.3, 0.4) is 0 Å². The highest BCUT2D eigenvalue weighted by Crippen LogP contribution is 2.33. The Balaban J connectivity index is 1.52. The molecule has 3 heterocycles. The lowest BCUT2D eigenvalue weighted by atomic mass is 9.96. The van der Waals surface area contributed by atoms with E-state index >= 15 is 0 Å². The summed E-state index contributed by atoms with van der Waals surface area (Å²) >= 11 is 0. The fraction of sp³-hybridized carbons (Fsp3) is 0.836. The largest absolute Gasteiger partial charge is 0.394 e. The van der Waals surface area contributed by atoms with Crippen LogP contribution in [0.2, 0.25) is 0 Å². The summed E-state index contributed by atoms with van der Waals surface area (Å²) in [5, 5.41) is 120. The summed E-state index contributed by atoms with van der Waals surface area (Å²) in [5.41, 5.74) is 0. The molecule has 19 heteroatoms. The van der Waals surface area contributed by atoms with E-state index in [0.29, 0.717) is 6.42 Å². The van der Waals surface area contributed by atoms with E-state index in [9.17, 15) is 61.0 Å². The molecule has 19 nitrogen and oxygen atoms in total. The van der Waals surface area contributed by atoms with Gasteiger partial charge in [-0.2, -0.15) is 0 Å². The van der Waals surface area contributed by atoms with Crippen molar-refractivity contribution in [1.82, 2.24) is 5.32 Å². The van der Waals surface area contributed by atoms with Crippen molar-refractivity contribution < 1.29 is 89.4 Å². The molecule has 3 saturated heterocycles. The van der Waals surface area contributed by atoms with Crippen LogP contribution >= 0.6 is 0 Å². The van der Waals surface area contributed by atoms with Crippen molar-refractivity contribution >= 4 is 5.91 Å². The van der Waals surface area contributed by atoms with E-state index in [0.717, 1.165) is 83.5 Å². The second kappa shape index (κ2) is 39.2. The van der Waals surface area contributed by atoms with E-state index < -0.39 is 124 Å². The Morgan fingerprint density at radius 2 is 0.892 bits per heavy atom. The van der Waals surface area contributed by atoms with Gasteiger partial charge in [-0.25, -0.2) is 0 Å². The molecule has 0 aromatic carbocycles. The summed E-state index contributed by atoms with van der Waals surface area (Å²) in [6, 6.07) is -0.978. The number of carbonyl (C=O) groups is 1. The highest BCUT2D eigenvalue weighted by molar-refractivity contribution is 5.76. The van der Waals surface area contributed by atoms with Crippen molar-refractivity contribution in [3.05, 3.63) is 48.6 Å². The van der Waals surface area contributed by atoms with Gasteiger partial charge < -0.3 is 89.9 Å². The monoisotopic (exact) mass is 1060 g/mol. The minimum Gasteiger partial charge on any atom is -0.394 e. The topological polar surface area (TPSA) is 307 Å². The standard InChI is InChI=1S/C55H97NO18/c1-3-5-7-9-11-13-15-16-17-18-19-20-21-22-23-25-27-29-31-33-43(61)56-38(39(60)32-30-28-26-24-14-12-10-8-6-4-2)37-69-53-49(67)46(64)51(41(35-58)71-53)74-55-50(68)47(65)52(42(36-59)72-55)73-54-48(66)45(63)44(62)40(34-57)70-54/h11,13,16-17,19-20,30,32,38-42,44-55,57-60,62-68H,3-10,12,14-15,18,21-29,31,33-37H2,1-2H3,(H,56,61)/b13-11-,17-16-,20-19-,32-30+. The van der Waals surface area contributed by atoms with Gasteiger partial charge in [0.2, 0.25) is 5.91 Å². The lowest BCUT2D eigenvalue weighted by molar-refractivity contribution is -0.379. The maximum atomic E-state index is 13.3. The number of allylic oxidation sites excluding steroid dienone is 7. The predicted molar refractivity (Wildman–Crippen MR) is 277 cm³/mol. The minimum atomic E-state index is -1.98. The Kier molecular flexibility index (Phi) is 34.9. The van der Waals surface area contributed by atoms with Crippen molar-refractivity contribution in [2.45, 2.75) is 266 Å². The van der Waals surface area contributed by atoms with Crippen LogP contribution in [0.25, 0.3) is 0 Å². The molecule has 74 heavy (non-hydrogen) atoms. The van der Waals surface area contributed by atoms with Crippen LogP contribution < -0.4 is 5.32 Å². The lowest BCUT2D eigenvalue weighted by Crippen LogP contribution is -2.66. The van der Waals surface area contributed by atoms with Gasteiger partial charge in [0, 0.05) is 6.42 Å². The zero-order chi connectivity index (χ0) is 54.1. The molecule has 3 aliphatic rings. The first kappa shape index (κ1) is 66.0. The van der Waals surface area contributed by atoms with E-state index in [1.165, 1.54) is 51.4 Å². The van der Waals surface area contributed by atoms with Crippen LogP contribution in [0.5, 0.6) is 0 Å². The van der Waals surface area contributed by atoms with Crippen LogP contribution in [-0.4, -0.2) is 193 Å². The quantitative estimate of drug-likeness (QED) is 0.0310. The van der Waals surface area contributed by atoms with Gasteiger partial charge >= 0.3 is 0 Å². The average Bonchev–Trinajstić information content (AvgIpc) is 3.40. The maximum Gasteiger partial charge on any atom is 0.220 e. The number of rotatable bonds is 39. The molecule has 3 fully saturated rings. The van der Waals surface area contributed by atoms with Crippen molar-refractivity contribution in [1.29, 1.82) is 0 Å². The highest BCUT2D eigenvalue weighted by Gasteiger charge is 2.53. The number of ether oxygens (including phenoxy) is 6. The van der Waals surface area contributed by atoms with Crippen LogP contribution in [0.4, 0.5) is 0 Å². The Bertz CT molecular complexity index is 1550. The molecule has 0 aromatic rings. The van der Waals surface area contributed by atoms with Crippen molar-refractivity contribution in [2.24, 2.45) is 0 Å². The molecule has 430 valence electrons.